The van der Waals surface area contributed by atoms with E-state index in [1.807, 2.05) is 52.0 Å². The van der Waals surface area contributed by atoms with Gasteiger partial charge in [-0.1, -0.05) is 24.3 Å². The van der Waals surface area contributed by atoms with Gasteiger partial charge in [0.1, 0.15) is 0 Å². The lowest BCUT2D eigenvalue weighted by molar-refractivity contribution is -0.0769. The topological polar surface area (TPSA) is 47.9 Å². The Kier molecular flexibility index (Phi) is 3.75. The molecule has 1 aromatic carbocycles. The number of ether oxygens (including phenoxy) is 1. The Morgan fingerprint density at radius 1 is 1.05 bits per heavy atom. The molecule has 0 amide bonds. The summed E-state index contributed by atoms with van der Waals surface area (Å²) in [5.41, 5.74) is 0.957. The Morgan fingerprint density at radius 2 is 1.53 bits per heavy atom. The Balaban J connectivity index is 2.17. The van der Waals surface area contributed by atoms with Crippen LogP contribution in [0.3, 0.4) is 0 Å². The SMILES string of the molecule is COC(O)c1ccc(B2OC(C)(C)C(C)(C)O2)cc1. The van der Waals surface area contributed by atoms with Gasteiger partial charge in [-0.2, -0.15) is 0 Å². The molecule has 0 spiro atoms. The van der Waals surface area contributed by atoms with Crippen LogP contribution in [0.15, 0.2) is 24.3 Å². The zero-order chi connectivity index (χ0) is 14.3. The Labute approximate surface area is 114 Å². The number of hydrogen-bond donors (Lipinski definition) is 1. The molecule has 1 aliphatic rings. The van der Waals surface area contributed by atoms with Crippen LogP contribution in [0.4, 0.5) is 0 Å². The van der Waals surface area contributed by atoms with Crippen molar-refractivity contribution < 1.29 is 19.2 Å². The van der Waals surface area contributed by atoms with Crippen molar-refractivity contribution >= 4 is 12.6 Å². The minimum atomic E-state index is -0.896. The number of benzene rings is 1. The van der Waals surface area contributed by atoms with Gasteiger partial charge in [0.2, 0.25) is 0 Å². The molecule has 0 aromatic heterocycles. The molecule has 104 valence electrons. The maximum atomic E-state index is 9.57. The fourth-order valence-corrected chi connectivity index (χ4v) is 1.93. The molecule has 0 saturated carbocycles. The molecule has 1 aliphatic heterocycles. The molecule has 1 aromatic rings. The first kappa shape index (κ1) is 14.5. The fourth-order valence-electron chi connectivity index (χ4n) is 1.93. The maximum Gasteiger partial charge on any atom is 0.494 e. The van der Waals surface area contributed by atoms with Crippen LogP contribution in [0.2, 0.25) is 0 Å². The Bertz CT molecular complexity index is 425. The summed E-state index contributed by atoms with van der Waals surface area (Å²) in [5, 5.41) is 9.57. The van der Waals surface area contributed by atoms with Gasteiger partial charge < -0.3 is 19.2 Å². The molecular formula is C14H21BO4. The van der Waals surface area contributed by atoms with Crippen molar-refractivity contribution in [2.24, 2.45) is 0 Å². The van der Waals surface area contributed by atoms with Crippen molar-refractivity contribution in [2.75, 3.05) is 7.11 Å². The van der Waals surface area contributed by atoms with Crippen LogP contribution in [0.1, 0.15) is 39.5 Å². The molecular weight excluding hydrogens is 243 g/mol. The molecule has 0 aliphatic carbocycles. The largest absolute Gasteiger partial charge is 0.494 e. The molecule has 1 N–H and O–H groups in total. The second-order valence-corrected chi connectivity index (χ2v) is 5.84. The van der Waals surface area contributed by atoms with Gasteiger partial charge in [-0.05, 0) is 33.2 Å². The van der Waals surface area contributed by atoms with Gasteiger partial charge in [-0.25, -0.2) is 0 Å². The van der Waals surface area contributed by atoms with Crippen molar-refractivity contribution in [3.8, 4) is 0 Å². The highest BCUT2D eigenvalue weighted by molar-refractivity contribution is 6.62. The molecule has 0 bridgehead atoms. The summed E-state index contributed by atoms with van der Waals surface area (Å²) in [6.45, 7) is 8.10. The number of rotatable bonds is 3. The van der Waals surface area contributed by atoms with Crippen LogP contribution in [0.25, 0.3) is 0 Å². The van der Waals surface area contributed by atoms with E-state index in [0.29, 0.717) is 5.56 Å². The molecule has 2 rings (SSSR count). The van der Waals surface area contributed by atoms with Crippen LogP contribution in [0.5, 0.6) is 0 Å². The lowest BCUT2D eigenvalue weighted by Crippen LogP contribution is -2.41. The second-order valence-electron chi connectivity index (χ2n) is 5.84. The average molecular weight is 264 g/mol. The number of methoxy groups -OCH3 is 1. The highest BCUT2D eigenvalue weighted by Crippen LogP contribution is 2.36. The molecule has 4 nitrogen and oxygen atoms in total. The lowest BCUT2D eigenvalue weighted by atomic mass is 9.79. The number of hydrogen-bond acceptors (Lipinski definition) is 4. The second kappa shape index (κ2) is 4.91. The van der Waals surface area contributed by atoms with E-state index in [-0.39, 0.29) is 18.3 Å². The minimum Gasteiger partial charge on any atom is -0.399 e. The van der Waals surface area contributed by atoms with Crippen molar-refractivity contribution in [3.05, 3.63) is 29.8 Å². The molecule has 1 heterocycles. The Morgan fingerprint density at radius 3 is 1.95 bits per heavy atom. The zero-order valence-electron chi connectivity index (χ0n) is 12.1. The van der Waals surface area contributed by atoms with E-state index in [9.17, 15) is 5.11 Å². The molecule has 1 saturated heterocycles. The standard InChI is InChI=1S/C14H21BO4/c1-13(2)14(3,4)19-15(18-13)11-8-6-10(7-9-11)12(16)17-5/h6-9,12,16H,1-5H3. The smallest absolute Gasteiger partial charge is 0.399 e. The van der Waals surface area contributed by atoms with Gasteiger partial charge in [0.05, 0.1) is 11.2 Å². The number of aliphatic hydroxyl groups excluding tert-OH is 1. The van der Waals surface area contributed by atoms with Crippen LogP contribution >= 0.6 is 0 Å². The van der Waals surface area contributed by atoms with Crippen LogP contribution in [-0.2, 0) is 14.0 Å². The molecule has 5 heteroatoms. The van der Waals surface area contributed by atoms with Gasteiger partial charge >= 0.3 is 7.12 Å². The van der Waals surface area contributed by atoms with E-state index in [2.05, 4.69) is 0 Å². The summed E-state index contributed by atoms with van der Waals surface area (Å²) in [6, 6.07) is 7.41. The van der Waals surface area contributed by atoms with Gasteiger partial charge in [-0.15, -0.1) is 0 Å². The van der Waals surface area contributed by atoms with E-state index in [1.54, 1.807) is 0 Å². The molecule has 1 unspecified atom stereocenters. The quantitative estimate of drug-likeness (QED) is 0.665. The monoisotopic (exact) mass is 264 g/mol. The summed E-state index contributed by atoms with van der Waals surface area (Å²) >= 11 is 0. The summed E-state index contributed by atoms with van der Waals surface area (Å²) < 4.78 is 16.8. The van der Waals surface area contributed by atoms with Crippen molar-refractivity contribution in [1.82, 2.24) is 0 Å². The van der Waals surface area contributed by atoms with Gasteiger partial charge in [0.25, 0.3) is 0 Å². The maximum absolute atomic E-state index is 9.57. The summed E-state index contributed by atoms with van der Waals surface area (Å²) in [6.07, 6.45) is -0.896. The fraction of sp³-hybridized carbons (Fsp3) is 0.571. The van der Waals surface area contributed by atoms with Crippen molar-refractivity contribution in [1.29, 1.82) is 0 Å². The first-order valence-corrected chi connectivity index (χ1v) is 6.43. The van der Waals surface area contributed by atoms with E-state index >= 15 is 0 Å². The third kappa shape index (κ3) is 2.70. The average Bonchev–Trinajstić information content (AvgIpc) is 2.58. The van der Waals surface area contributed by atoms with E-state index in [0.717, 1.165) is 5.46 Å². The normalized spacial score (nSPS) is 22.5. The van der Waals surface area contributed by atoms with Crippen LogP contribution in [-0.4, -0.2) is 30.5 Å². The van der Waals surface area contributed by atoms with E-state index < -0.39 is 6.29 Å². The first-order chi connectivity index (χ1) is 8.77. The first-order valence-electron chi connectivity index (χ1n) is 6.43. The highest BCUT2D eigenvalue weighted by atomic mass is 16.7. The lowest BCUT2D eigenvalue weighted by Gasteiger charge is -2.32. The van der Waals surface area contributed by atoms with Crippen molar-refractivity contribution in [2.45, 2.75) is 45.2 Å². The van der Waals surface area contributed by atoms with Gasteiger partial charge in [-0.3, -0.25) is 0 Å². The van der Waals surface area contributed by atoms with Crippen LogP contribution < -0.4 is 5.46 Å². The van der Waals surface area contributed by atoms with Crippen molar-refractivity contribution in [3.63, 3.8) is 0 Å². The summed E-state index contributed by atoms with van der Waals surface area (Å²) in [5.74, 6) is 0. The summed E-state index contributed by atoms with van der Waals surface area (Å²) in [7, 11) is 1.09. The van der Waals surface area contributed by atoms with Gasteiger partial charge in [0.15, 0.2) is 6.29 Å². The zero-order valence-corrected chi connectivity index (χ0v) is 12.1. The predicted octanol–water partition coefficient (Wildman–Crippen LogP) is 1.62. The molecule has 1 fully saturated rings. The minimum absolute atomic E-state index is 0.345. The van der Waals surface area contributed by atoms with Crippen LogP contribution in [0, 0.1) is 0 Å². The molecule has 1 atom stereocenters. The van der Waals surface area contributed by atoms with Gasteiger partial charge in [0, 0.05) is 12.7 Å². The van der Waals surface area contributed by atoms with E-state index in [4.69, 9.17) is 14.0 Å². The summed E-state index contributed by atoms with van der Waals surface area (Å²) in [4.78, 5) is 0. The molecule has 19 heavy (non-hydrogen) atoms. The predicted molar refractivity (Wildman–Crippen MR) is 74.1 cm³/mol. The molecule has 0 radical (unpaired) electrons. The highest BCUT2D eigenvalue weighted by Gasteiger charge is 2.51. The third-order valence-electron chi connectivity index (χ3n) is 3.97. The van der Waals surface area contributed by atoms with E-state index in [1.165, 1.54) is 7.11 Å². The third-order valence-corrected chi connectivity index (χ3v) is 3.97. The Hall–Kier alpha value is -0.875. The number of aliphatic hydroxyl groups is 1.